The Bertz CT molecular complexity index is 171. The largest absolute Gasteiger partial charge is 0.481 e. The molecule has 3 nitrogen and oxygen atoms in total. The van der Waals surface area contributed by atoms with Crippen LogP contribution in [0.3, 0.4) is 0 Å². The van der Waals surface area contributed by atoms with Crippen LogP contribution in [-0.4, -0.2) is 29.7 Å². The highest BCUT2D eigenvalue weighted by molar-refractivity contribution is 5.67. The highest BCUT2D eigenvalue weighted by atomic mass is 19.3. The summed E-state index contributed by atoms with van der Waals surface area (Å²) in [5, 5.41) is 8.33. The molecule has 1 heterocycles. The van der Waals surface area contributed by atoms with Gasteiger partial charge in [-0.15, -0.1) is 0 Å². The second-order valence-corrected chi connectivity index (χ2v) is 2.93. The van der Waals surface area contributed by atoms with Crippen LogP contribution in [0.1, 0.15) is 19.3 Å². The quantitative estimate of drug-likeness (QED) is 0.696. The molecule has 70 valence electrons. The Hall–Kier alpha value is -0.710. The Morgan fingerprint density at radius 2 is 2.33 bits per heavy atom. The predicted octanol–water partition coefficient (Wildman–Crippen LogP) is 1.28. The molecule has 1 atom stereocenters. The van der Waals surface area contributed by atoms with Gasteiger partial charge in [-0.25, -0.2) is 8.78 Å². The minimum absolute atomic E-state index is 0.124. The lowest BCUT2D eigenvalue weighted by Crippen LogP contribution is -2.35. The molecule has 12 heavy (non-hydrogen) atoms. The lowest BCUT2D eigenvalue weighted by molar-refractivity contribution is -0.159. The molecule has 1 saturated heterocycles. The zero-order valence-electron chi connectivity index (χ0n) is 6.43. The molecule has 0 saturated carbocycles. The summed E-state index contributed by atoms with van der Waals surface area (Å²) in [6.45, 7) is -0.648. The molecular formula is C7H10F2O3. The average Bonchev–Trinajstić information content (AvgIpc) is 1.93. The zero-order chi connectivity index (χ0) is 9.19. The minimum atomic E-state index is -2.77. The van der Waals surface area contributed by atoms with Gasteiger partial charge in [-0.05, 0) is 6.42 Å². The summed E-state index contributed by atoms with van der Waals surface area (Å²) >= 11 is 0. The Labute approximate surface area is 68.3 Å². The highest BCUT2D eigenvalue weighted by Crippen LogP contribution is 2.28. The number of carbonyl (C=O) groups is 1. The molecule has 0 amide bonds. The summed E-state index contributed by atoms with van der Waals surface area (Å²) in [7, 11) is 0. The van der Waals surface area contributed by atoms with Gasteiger partial charge in [0.2, 0.25) is 0 Å². The first-order chi connectivity index (χ1) is 5.49. The standard InChI is InChI=1S/C7H10F2O3/c8-7(9)2-1-5(12-4-7)3-6(10)11/h5H,1-4H2,(H,10,11). The van der Waals surface area contributed by atoms with Gasteiger partial charge in [0.1, 0.15) is 6.61 Å². The number of hydrogen-bond acceptors (Lipinski definition) is 2. The van der Waals surface area contributed by atoms with E-state index in [1.54, 1.807) is 0 Å². The maximum atomic E-state index is 12.4. The summed E-state index contributed by atoms with van der Waals surface area (Å²) < 4.78 is 29.6. The van der Waals surface area contributed by atoms with Crippen LogP contribution in [0.4, 0.5) is 8.78 Å². The first-order valence-corrected chi connectivity index (χ1v) is 3.71. The van der Waals surface area contributed by atoms with E-state index in [-0.39, 0.29) is 19.3 Å². The van der Waals surface area contributed by atoms with Gasteiger partial charge in [0.15, 0.2) is 0 Å². The molecule has 1 fully saturated rings. The number of halogens is 2. The monoisotopic (exact) mass is 180 g/mol. The first-order valence-electron chi connectivity index (χ1n) is 3.71. The van der Waals surface area contributed by atoms with Gasteiger partial charge >= 0.3 is 5.97 Å². The normalized spacial score (nSPS) is 28.3. The average molecular weight is 180 g/mol. The van der Waals surface area contributed by atoms with Gasteiger partial charge in [0.05, 0.1) is 12.5 Å². The van der Waals surface area contributed by atoms with Crippen LogP contribution in [0.25, 0.3) is 0 Å². The highest BCUT2D eigenvalue weighted by Gasteiger charge is 2.36. The fourth-order valence-corrected chi connectivity index (χ4v) is 1.12. The van der Waals surface area contributed by atoms with E-state index in [1.807, 2.05) is 0 Å². The van der Waals surface area contributed by atoms with E-state index in [9.17, 15) is 13.6 Å². The van der Waals surface area contributed by atoms with Gasteiger partial charge in [0.25, 0.3) is 5.92 Å². The third-order valence-corrected chi connectivity index (χ3v) is 1.76. The molecule has 5 heteroatoms. The summed E-state index contributed by atoms with van der Waals surface area (Å²) in [6.07, 6.45) is -0.873. The summed E-state index contributed by atoms with van der Waals surface area (Å²) in [6, 6.07) is 0. The fraction of sp³-hybridized carbons (Fsp3) is 0.857. The molecular weight excluding hydrogens is 170 g/mol. The van der Waals surface area contributed by atoms with Crippen LogP contribution in [0.5, 0.6) is 0 Å². The number of aliphatic carboxylic acids is 1. The number of carboxylic acid groups (broad SMARTS) is 1. The molecule has 1 N–H and O–H groups in total. The van der Waals surface area contributed by atoms with Crippen molar-refractivity contribution < 1.29 is 23.4 Å². The van der Waals surface area contributed by atoms with E-state index < -0.39 is 24.6 Å². The molecule has 0 aliphatic carbocycles. The van der Waals surface area contributed by atoms with E-state index >= 15 is 0 Å². The third-order valence-electron chi connectivity index (χ3n) is 1.76. The predicted molar refractivity (Wildman–Crippen MR) is 36.2 cm³/mol. The molecule has 0 aromatic rings. The molecule has 1 aliphatic heterocycles. The molecule has 1 unspecified atom stereocenters. The van der Waals surface area contributed by atoms with Crippen LogP contribution in [-0.2, 0) is 9.53 Å². The van der Waals surface area contributed by atoms with Crippen molar-refractivity contribution in [2.45, 2.75) is 31.3 Å². The van der Waals surface area contributed by atoms with Gasteiger partial charge in [-0.1, -0.05) is 0 Å². The second-order valence-electron chi connectivity index (χ2n) is 2.93. The molecule has 0 aromatic carbocycles. The van der Waals surface area contributed by atoms with Gasteiger partial charge in [-0.3, -0.25) is 4.79 Å². The van der Waals surface area contributed by atoms with Crippen molar-refractivity contribution in [3.8, 4) is 0 Å². The zero-order valence-corrected chi connectivity index (χ0v) is 6.43. The van der Waals surface area contributed by atoms with Gasteiger partial charge in [-0.2, -0.15) is 0 Å². The van der Waals surface area contributed by atoms with E-state index in [0.29, 0.717) is 0 Å². The smallest absolute Gasteiger partial charge is 0.305 e. The van der Waals surface area contributed by atoms with Crippen LogP contribution in [0, 0.1) is 0 Å². The number of rotatable bonds is 2. The molecule has 1 aliphatic rings. The van der Waals surface area contributed by atoms with Crippen molar-refractivity contribution >= 4 is 5.97 Å². The molecule has 1 rings (SSSR count). The Morgan fingerprint density at radius 3 is 2.75 bits per heavy atom. The second kappa shape index (κ2) is 3.35. The number of hydrogen-bond donors (Lipinski definition) is 1. The Kier molecular flexibility index (Phi) is 2.62. The van der Waals surface area contributed by atoms with Crippen molar-refractivity contribution in [1.29, 1.82) is 0 Å². The van der Waals surface area contributed by atoms with E-state index in [0.717, 1.165) is 0 Å². The van der Waals surface area contributed by atoms with E-state index in [4.69, 9.17) is 5.11 Å². The minimum Gasteiger partial charge on any atom is -0.481 e. The van der Waals surface area contributed by atoms with Crippen LogP contribution in [0.2, 0.25) is 0 Å². The molecule has 0 aromatic heterocycles. The van der Waals surface area contributed by atoms with Gasteiger partial charge < -0.3 is 9.84 Å². The van der Waals surface area contributed by atoms with Crippen molar-refractivity contribution in [1.82, 2.24) is 0 Å². The van der Waals surface area contributed by atoms with Crippen molar-refractivity contribution in [2.75, 3.05) is 6.61 Å². The molecule has 0 spiro atoms. The van der Waals surface area contributed by atoms with Crippen LogP contribution in [0.15, 0.2) is 0 Å². The first kappa shape index (κ1) is 9.38. The van der Waals surface area contributed by atoms with Crippen molar-refractivity contribution in [2.24, 2.45) is 0 Å². The number of alkyl halides is 2. The van der Waals surface area contributed by atoms with Crippen molar-refractivity contribution in [3.05, 3.63) is 0 Å². The number of carboxylic acids is 1. The topological polar surface area (TPSA) is 46.5 Å². The summed E-state index contributed by atoms with van der Waals surface area (Å²) in [5.41, 5.74) is 0. The van der Waals surface area contributed by atoms with E-state index in [1.165, 1.54) is 0 Å². The van der Waals surface area contributed by atoms with Crippen LogP contribution >= 0.6 is 0 Å². The Balaban J connectivity index is 2.31. The summed E-state index contributed by atoms with van der Waals surface area (Å²) in [5.74, 6) is -3.78. The Morgan fingerprint density at radius 1 is 1.67 bits per heavy atom. The molecule has 0 bridgehead atoms. The SMILES string of the molecule is O=C(O)CC1CCC(F)(F)CO1. The lowest BCUT2D eigenvalue weighted by Gasteiger charge is -2.27. The molecule has 0 radical (unpaired) electrons. The summed E-state index contributed by atoms with van der Waals surface area (Å²) in [4.78, 5) is 10.2. The van der Waals surface area contributed by atoms with Gasteiger partial charge in [0, 0.05) is 6.42 Å². The maximum Gasteiger partial charge on any atom is 0.305 e. The lowest BCUT2D eigenvalue weighted by atomic mass is 10.0. The maximum absolute atomic E-state index is 12.4. The fourth-order valence-electron chi connectivity index (χ4n) is 1.12. The van der Waals surface area contributed by atoms with E-state index in [2.05, 4.69) is 4.74 Å². The third kappa shape index (κ3) is 2.73. The van der Waals surface area contributed by atoms with Crippen molar-refractivity contribution in [3.63, 3.8) is 0 Å². The number of ether oxygens (including phenoxy) is 1. The van der Waals surface area contributed by atoms with Crippen LogP contribution < -0.4 is 0 Å².